The SMILES string of the molecule is CC(C)(C)CCOCCOCCOCCOCCOCC(C)(C)C. The van der Waals surface area contributed by atoms with Crippen molar-refractivity contribution in [1.29, 1.82) is 0 Å². The fourth-order valence-corrected chi connectivity index (χ4v) is 1.64. The Morgan fingerprint density at radius 3 is 1.08 bits per heavy atom. The molecule has 0 aliphatic heterocycles. The van der Waals surface area contributed by atoms with Crippen LogP contribution in [0.5, 0.6) is 0 Å². The van der Waals surface area contributed by atoms with Gasteiger partial charge in [0.25, 0.3) is 0 Å². The highest BCUT2D eigenvalue weighted by molar-refractivity contribution is 4.60. The summed E-state index contributed by atoms with van der Waals surface area (Å²) in [5.74, 6) is 0. The summed E-state index contributed by atoms with van der Waals surface area (Å²) in [6.45, 7) is 19.5. The van der Waals surface area contributed by atoms with Gasteiger partial charge in [-0.25, -0.2) is 0 Å². The van der Waals surface area contributed by atoms with Crippen LogP contribution >= 0.6 is 0 Å². The molecule has 5 heteroatoms. The molecule has 0 bridgehead atoms. The summed E-state index contributed by atoms with van der Waals surface area (Å²) in [5, 5.41) is 0. The molecule has 24 heavy (non-hydrogen) atoms. The Balaban J connectivity index is 3.08. The van der Waals surface area contributed by atoms with Crippen LogP contribution in [-0.4, -0.2) is 66.1 Å². The van der Waals surface area contributed by atoms with Gasteiger partial charge in [-0.1, -0.05) is 41.5 Å². The summed E-state index contributed by atoms with van der Waals surface area (Å²) in [5.41, 5.74) is 0.538. The Hall–Kier alpha value is -0.200. The highest BCUT2D eigenvalue weighted by Crippen LogP contribution is 2.17. The number of hydrogen-bond acceptors (Lipinski definition) is 5. The van der Waals surface area contributed by atoms with E-state index < -0.39 is 0 Å². The lowest BCUT2D eigenvalue weighted by atomic mass is 9.93. The van der Waals surface area contributed by atoms with Gasteiger partial charge in [-0.3, -0.25) is 0 Å². The predicted molar refractivity (Wildman–Crippen MR) is 97.6 cm³/mol. The highest BCUT2D eigenvalue weighted by Gasteiger charge is 2.09. The van der Waals surface area contributed by atoms with Gasteiger partial charge in [0.2, 0.25) is 0 Å². The molecule has 0 aromatic carbocycles. The van der Waals surface area contributed by atoms with Crippen LogP contribution in [0.3, 0.4) is 0 Å². The second-order valence-electron chi connectivity index (χ2n) is 8.37. The molecule has 0 aliphatic carbocycles. The van der Waals surface area contributed by atoms with Gasteiger partial charge in [0, 0.05) is 6.61 Å². The molecule has 0 rings (SSSR count). The van der Waals surface area contributed by atoms with Crippen LogP contribution in [0.4, 0.5) is 0 Å². The number of hydrogen-bond donors (Lipinski definition) is 0. The summed E-state index contributed by atoms with van der Waals surface area (Å²) in [4.78, 5) is 0. The minimum Gasteiger partial charge on any atom is -0.379 e. The van der Waals surface area contributed by atoms with Crippen LogP contribution in [0, 0.1) is 10.8 Å². The zero-order chi connectivity index (χ0) is 18.3. The van der Waals surface area contributed by atoms with Gasteiger partial charge in [-0.2, -0.15) is 0 Å². The standard InChI is InChI=1S/C19H40O5/c1-18(2,3)7-8-20-9-10-21-11-12-22-13-14-23-15-16-24-17-19(4,5)6/h7-17H2,1-6H3. The first kappa shape index (κ1) is 23.8. The van der Waals surface area contributed by atoms with Crippen LogP contribution in [0.25, 0.3) is 0 Å². The van der Waals surface area contributed by atoms with E-state index in [4.69, 9.17) is 23.7 Å². The fourth-order valence-electron chi connectivity index (χ4n) is 1.64. The molecule has 0 aliphatic rings. The Labute approximate surface area is 149 Å². The monoisotopic (exact) mass is 348 g/mol. The molecule has 0 aromatic rings. The van der Waals surface area contributed by atoms with Crippen molar-refractivity contribution in [3.8, 4) is 0 Å². The average molecular weight is 349 g/mol. The van der Waals surface area contributed by atoms with Gasteiger partial charge in [0.15, 0.2) is 0 Å². The van der Waals surface area contributed by atoms with Crippen molar-refractivity contribution in [3.63, 3.8) is 0 Å². The van der Waals surface area contributed by atoms with Crippen LogP contribution < -0.4 is 0 Å². The van der Waals surface area contributed by atoms with Crippen molar-refractivity contribution >= 4 is 0 Å². The zero-order valence-corrected chi connectivity index (χ0v) is 16.8. The van der Waals surface area contributed by atoms with Gasteiger partial charge >= 0.3 is 0 Å². The lowest BCUT2D eigenvalue weighted by Gasteiger charge is -2.17. The molecular formula is C19H40O5. The van der Waals surface area contributed by atoms with E-state index in [2.05, 4.69) is 41.5 Å². The van der Waals surface area contributed by atoms with E-state index >= 15 is 0 Å². The van der Waals surface area contributed by atoms with Crippen molar-refractivity contribution in [3.05, 3.63) is 0 Å². The maximum atomic E-state index is 5.52. The summed E-state index contributed by atoms with van der Waals surface area (Å²) in [6, 6.07) is 0. The Kier molecular flexibility index (Phi) is 13.9. The third-order valence-electron chi connectivity index (χ3n) is 3.02. The van der Waals surface area contributed by atoms with E-state index in [1.165, 1.54) is 0 Å². The molecule has 0 atom stereocenters. The van der Waals surface area contributed by atoms with E-state index in [-0.39, 0.29) is 5.41 Å². The number of rotatable bonds is 15. The minimum atomic E-state index is 0.209. The van der Waals surface area contributed by atoms with Gasteiger partial charge in [0.05, 0.1) is 59.5 Å². The lowest BCUT2D eigenvalue weighted by molar-refractivity contribution is -0.0177. The largest absolute Gasteiger partial charge is 0.379 e. The van der Waals surface area contributed by atoms with Gasteiger partial charge < -0.3 is 23.7 Å². The van der Waals surface area contributed by atoms with Gasteiger partial charge in [-0.05, 0) is 17.3 Å². The summed E-state index contributed by atoms with van der Waals surface area (Å²) < 4.78 is 27.4. The topological polar surface area (TPSA) is 46.2 Å². The molecule has 0 radical (unpaired) electrons. The van der Waals surface area contributed by atoms with Crippen LogP contribution in [-0.2, 0) is 23.7 Å². The third-order valence-corrected chi connectivity index (χ3v) is 3.02. The number of ether oxygens (including phenoxy) is 5. The molecule has 0 unspecified atom stereocenters. The molecule has 0 aromatic heterocycles. The third kappa shape index (κ3) is 21.8. The van der Waals surface area contributed by atoms with Crippen molar-refractivity contribution in [1.82, 2.24) is 0 Å². The quantitative estimate of drug-likeness (QED) is 0.424. The molecule has 5 nitrogen and oxygen atoms in total. The minimum absolute atomic E-state index is 0.209. The second kappa shape index (κ2) is 14.0. The summed E-state index contributed by atoms with van der Waals surface area (Å²) in [7, 11) is 0. The Morgan fingerprint density at radius 1 is 0.417 bits per heavy atom. The molecular weight excluding hydrogens is 308 g/mol. The van der Waals surface area contributed by atoms with Crippen molar-refractivity contribution in [2.45, 2.75) is 48.0 Å². The first-order chi connectivity index (χ1) is 11.2. The summed E-state index contributed by atoms with van der Waals surface area (Å²) >= 11 is 0. The van der Waals surface area contributed by atoms with Crippen LogP contribution in [0.15, 0.2) is 0 Å². The Morgan fingerprint density at radius 2 is 0.750 bits per heavy atom. The molecule has 0 saturated heterocycles. The fraction of sp³-hybridized carbons (Fsp3) is 1.00. The van der Waals surface area contributed by atoms with E-state index in [9.17, 15) is 0 Å². The van der Waals surface area contributed by atoms with E-state index in [1.54, 1.807) is 0 Å². The highest BCUT2D eigenvalue weighted by atomic mass is 16.6. The normalized spacial score (nSPS) is 12.8. The van der Waals surface area contributed by atoms with E-state index in [0.29, 0.717) is 58.3 Å². The first-order valence-electron chi connectivity index (χ1n) is 9.09. The van der Waals surface area contributed by atoms with Crippen LogP contribution in [0.1, 0.15) is 48.0 Å². The maximum absolute atomic E-state index is 5.52. The van der Waals surface area contributed by atoms with Gasteiger partial charge in [0.1, 0.15) is 0 Å². The molecule has 0 spiro atoms. The van der Waals surface area contributed by atoms with Crippen molar-refractivity contribution in [2.24, 2.45) is 10.8 Å². The Bertz CT molecular complexity index is 240. The maximum Gasteiger partial charge on any atom is 0.0701 e. The van der Waals surface area contributed by atoms with E-state index in [0.717, 1.165) is 19.6 Å². The molecule has 0 saturated carbocycles. The molecule has 146 valence electrons. The van der Waals surface area contributed by atoms with Crippen molar-refractivity contribution < 1.29 is 23.7 Å². The molecule has 0 fully saturated rings. The summed E-state index contributed by atoms with van der Waals surface area (Å²) in [6.07, 6.45) is 1.07. The second-order valence-corrected chi connectivity index (χ2v) is 8.37. The molecule has 0 amide bonds. The average Bonchev–Trinajstić information content (AvgIpc) is 2.44. The smallest absolute Gasteiger partial charge is 0.0701 e. The van der Waals surface area contributed by atoms with E-state index in [1.807, 2.05) is 0 Å². The lowest BCUT2D eigenvalue weighted by Crippen LogP contribution is -2.17. The van der Waals surface area contributed by atoms with Crippen molar-refractivity contribution in [2.75, 3.05) is 66.1 Å². The van der Waals surface area contributed by atoms with Crippen LogP contribution in [0.2, 0.25) is 0 Å². The van der Waals surface area contributed by atoms with Gasteiger partial charge in [-0.15, -0.1) is 0 Å². The first-order valence-corrected chi connectivity index (χ1v) is 9.09. The molecule has 0 heterocycles. The molecule has 0 N–H and O–H groups in total. The predicted octanol–water partition coefficient (Wildman–Crippen LogP) is 3.55. The zero-order valence-electron chi connectivity index (χ0n) is 16.8.